The maximum Gasteiger partial charge on any atom is 0.338 e. The van der Waals surface area contributed by atoms with Gasteiger partial charge in [-0.1, -0.05) is 44.4 Å². The van der Waals surface area contributed by atoms with E-state index in [0.29, 0.717) is 11.5 Å². The van der Waals surface area contributed by atoms with Gasteiger partial charge in [-0.05, 0) is 44.2 Å². The third-order valence-electron chi connectivity index (χ3n) is 5.45. The summed E-state index contributed by atoms with van der Waals surface area (Å²) in [7, 11) is 4.66. The third-order valence-corrected chi connectivity index (χ3v) is 5.45. The first kappa shape index (κ1) is 23.2. The lowest BCUT2D eigenvalue weighted by Gasteiger charge is -2.38. The number of rotatable bonds is 9. The van der Waals surface area contributed by atoms with E-state index < -0.39 is 0 Å². The van der Waals surface area contributed by atoms with Gasteiger partial charge in [0.25, 0.3) is 0 Å². The smallest absolute Gasteiger partial charge is 0.338 e. The van der Waals surface area contributed by atoms with Crippen molar-refractivity contribution in [2.24, 2.45) is 5.92 Å². The number of esters is 1. The summed E-state index contributed by atoms with van der Waals surface area (Å²) in [5.41, 5.74) is 0.667. The van der Waals surface area contributed by atoms with E-state index in [1.165, 1.54) is 51.5 Å². The lowest BCUT2D eigenvalue weighted by Crippen LogP contribution is -3.00. The lowest BCUT2D eigenvalue weighted by molar-refractivity contribution is -0.894. The molecule has 26 heavy (non-hydrogen) atoms. The maximum atomic E-state index is 12.4. The van der Waals surface area contributed by atoms with Crippen LogP contribution in [0.2, 0.25) is 0 Å². The van der Waals surface area contributed by atoms with Crippen molar-refractivity contribution in [1.29, 1.82) is 0 Å². The zero-order chi connectivity index (χ0) is 18.1. The monoisotopic (exact) mass is 425 g/mol. The van der Waals surface area contributed by atoms with Gasteiger partial charge in [0.05, 0.1) is 32.7 Å². The molecule has 1 aromatic rings. The Labute approximate surface area is 170 Å². The molecule has 0 radical (unpaired) electrons. The van der Waals surface area contributed by atoms with Gasteiger partial charge in [-0.2, -0.15) is 0 Å². The summed E-state index contributed by atoms with van der Waals surface area (Å²) < 4.78 is 6.97. The minimum absolute atomic E-state index is 0. The Balaban J connectivity index is 0.00000338. The average molecular weight is 426 g/mol. The Morgan fingerprint density at radius 2 is 1.77 bits per heavy atom. The summed E-state index contributed by atoms with van der Waals surface area (Å²) in [6.07, 6.45) is 9.95. The highest BCUT2D eigenvalue weighted by molar-refractivity contribution is 5.89. The molecule has 0 aromatic heterocycles. The highest BCUT2D eigenvalue weighted by atomic mass is 79.9. The van der Waals surface area contributed by atoms with E-state index in [0.717, 1.165) is 17.4 Å². The molecule has 2 atom stereocenters. The zero-order valence-electron chi connectivity index (χ0n) is 16.8. The molecular formula is C22H36BrNO2. The minimum Gasteiger partial charge on any atom is -1.00 e. The van der Waals surface area contributed by atoms with Crippen molar-refractivity contribution >= 4 is 5.97 Å². The molecule has 0 spiro atoms. The predicted octanol–water partition coefficient (Wildman–Crippen LogP) is 2.06. The summed E-state index contributed by atoms with van der Waals surface area (Å²) in [5.74, 6) is 0.327. The van der Waals surface area contributed by atoms with Crippen LogP contribution < -0.4 is 17.0 Å². The van der Waals surface area contributed by atoms with Crippen LogP contribution in [0.3, 0.4) is 0 Å². The molecule has 1 aliphatic carbocycles. The van der Waals surface area contributed by atoms with Crippen LogP contribution in [0.4, 0.5) is 0 Å². The van der Waals surface area contributed by atoms with Crippen LogP contribution in [-0.2, 0) is 4.74 Å². The number of carbonyl (C=O) groups is 1. The molecule has 148 valence electrons. The molecular weight excluding hydrogens is 390 g/mol. The number of hydrogen-bond donors (Lipinski definition) is 0. The molecule has 0 bridgehead atoms. The SMILES string of the molecule is CCCCCC[N+](C)(C)C[C@@H]1CCCC[C@H]1OC(=O)c1ccccc1.[Br-]. The van der Waals surface area contributed by atoms with Crippen molar-refractivity contribution < 1.29 is 31.0 Å². The molecule has 4 heteroatoms. The lowest BCUT2D eigenvalue weighted by atomic mass is 9.85. The molecule has 3 nitrogen and oxygen atoms in total. The second-order valence-electron chi connectivity index (χ2n) is 8.26. The van der Waals surface area contributed by atoms with Gasteiger partial charge in [0, 0.05) is 5.92 Å². The summed E-state index contributed by atoms with van der Waals surface area (Å²) in [5, 5.41) is 0. The molecule has 1 fully saturated rings. The van der Waals surface area contributed by atoms with E-state index in [1.54, 1.807) is 0 Å². The van der Waals surface area contributed by atoms with Gasteiger partial charge < -0.3 is 26.2 Å². The van der Waals surface area contributed by atoms with Crippen molar-refractivity contribution in [3.63, 3.8) is 0 Å². The fourth-order valence-corrected chi connectivity index (χ4v) is 4.01. The summed E-state index contributed by atoms with van der Waals surface area (Å²) in [6.45, 7) is 4.59. The van der Waals surface area contributed by atoms with Crippen LogP contribution in [0.5, 0.6) is 0 Å². The molecule has 0 amide bonds. The molecule has 0 aliphatic heterocycles. The van der Waals surface area contributed by atoms with E-state index in [2.05, 4.69) is 21.0 Å². The van der Waals surface area contributed by atoms with Crippen LogP contribution in [0.25, 0.3) is 0 Å². The van der Waals surface area contributed by atoms with Crippen molar-refractivity contribution in [3.05, 3.63) is 35.9 Å². The highest BCUT2D eigenvalue weighted by Crippen LogP contribution is 2.29. The van der Waals surface area contributed by atoms with Gasteiger partial charge in [0.2, 0.25) is 0 Å². The van der Waals surface area contributed by atoms with Crippen LogP contribution in [0.15, 0.2) is 30.3 Å². The normalized spacial score (nSPS) is 20.3. The Morgan fingerprint density at radius 3 is 2.46 bits per heavy atom. The maximum absolute atomic E-state index is 12.4. The molecule has 1 aromatic carbocycles. The predicted molar refractivity (Wildman–Crippen MR) is 104 cm³/mol. The van der Waals surface area contributed by atoms with Gasteiger partial charge in [0.15, 0.2) is 0 Å². The standard InChI is InChI=1S/C22H36NO2.BrH/c1-4-5-6-12-17-23(2,3)18-20-15-10-11-16-21(20)25-22(24)19-13-8-7-9-14-19;/h7-9,13-14,20-21H,4-6,10-12,15-18H2,1-3H3;1H/q+1;/p-1/t20-,21+;/m0./s1. The van der Waals surface area contributed by atoms with Crippen LogP contribution in [0, 0.1) is 5.92 Å². The van der Waals surface area contributed by atoms with Gasteiger partial charge in [-0.15, -0.1) is 0 Å². The largest absolute Gasteiger partial charge is 1.00 e. The summed E-state index contributed by atoms with van der Waals surface area (Å²) in [6, 6.07) is 9.40. The number of quaternary nitrogens is 1. The number of halogens is 1. The molecule has 1 aliphatic rings. The van der Waals surface area contributed by atoms with E-state index in [4.69, 9.17) is 4.74 Å². The fourth-order valence-electron chi connectivity index (χ4n) is 4.01. The molecule has 0 N–H and O–H groups in total. The third kappa shape index (κ3) is 7.79. The highest BCUT2D eigenvalue weighted by Gasteiger charge is 2.33. The first-order chi connectivity index (χ1) is 12.0. The molecule has 2 rings (SSSR count). The zero-order valence-corrected chi connectivity index (χ0v) is 18.3. The van der Waals surface area contributed by atoms with Gasteiger partial charge in [-0.25, -0.2) is 4.79 Å². The second kappa shape index (κ2) is 11.8. The van der Waals surface area contributed by atoms with E-state index in [1.807, 2.05) is 30.3 Å². The number of nitrogens with zero attached hydrogens (tertiary/aromatic N) is 1. The van der Waals surface area contributed by atoms with E-state index >= 15 is 0 Å². The van der Waals surface area contributed by atoms with E-state index in [9.17, 15) is 4.79 Å². The van der Waals surface area contributed by atoms with Crippen molar-refractivity contribution in [3.8, 4) is 0 Å². The van der Waals surface area contributed by atoms with Crippen LogP contribution in [0.1, 0.15) is 68.6 Å². The topological polar surface area (TPSA) is 26.3 Å². The Morgan fingerprint density at radius 1 is 1.08 bits per heavy atom. The van der Waals surface area contributed by atoms with Crippen LogP contribution >= 0.6 is 0 Å². The summed E-state index contributed by atoms with van der Waals surface area (Å²) >= 11 is 0. The first-order valence-corrected chi connectivity index (χ1v) is 10.1. The first-order valence-electron chi connectivity index (χ1n) is 10.1. The molecule has 0 saturated heterocycles. The quantitative estimate of drug-likeness (QED) is 0.343. The molecule has 0 unspecified atom stereocenters. The average Bonchev–Trinajstić information content (AvgIpc) is 2.61. The van der Waals surface area contributed by atoms with Crippen LogP contribution in [-0.4, -0.2) is 43.7 Å². The Kier molecular flexibility index (Phi) is 10.5. The number of benzene rings is 1. The van der Waals surface area contributed by atoms with Gasteiger partial charge in [-0.3, -0.25) is 0 Å². The number of carbonyl (C=O) groups excluding carboxylic acids is 1. The molecule has 0 heterocycles. The number of unbranched alkanes of at least 4 members (excludes halogenated alkanes) is 3. The van der Waals surface area contributed by atoms with E-state index in [-0.39, 0.29) is 29.1 Å². The molecule has 1 saturated carbocycles. The van der Waals surface area contributed by atoms with Crippen molar-refractivity contribution in [2.75, 3.05) is 27.2 Å². The summed E-state index contributed by atoms with van der Waals surface area (Å²) in [4.78, 5) is 12.4. The second-order valence-corrected chi connectivity index (χ2v) is 8.26. The van der Waals surface area contributed by atoms with Gasteiger partial charge in [0.1, 0.15) is 6.10 Å². The van der Waals surface area contributed by atoms with Gasteiger partial charge >= 0.3 is 5.97 Å². The Hall–Kier alpha value is -0.870. The number of hydrogen-bond acceptors (Lipinski definition) is 2. The minimum atomic E-state index is -0.161. The Bertz CT molecular complexity index is 518. The van der Waals surface area contributed by atoms with Crippen molar-refractivity contribution in [2.45, 2.75) is 64.4 Å². The fraction of sp³-hybridized carbons (Fsp3) is 0.682. The number of ether oxygens (including phenoxy) is 1. The van der Waals surface area contributed by atoms with Crippen molar-refractivity contribution in [1.82, 2.24) is 0 Å².